The van der Waals surface area contributed by atoms with Gasteiger partial charge in [0.25, 0.3) is 5.91 Å². The van der Waals surface area contributed by atoms with Crippen LogP contribution in [0, 0.1) is 0 Å². The molecule has 0 bridgehead atoms. The van der Waals surface area contributed by atoms with E-state index in [-0.39, 0.29) is 18.2 Å². The topological polar surface area (TPSA) is 63.2 Å². The molecular formula is C13H15N3O2. The first-order valence-electron chi connectivity index (χ1n) is 6.04. The first-order chi connectivity index (χ1) is 8.77. The highest BCUT2D eigenvalue weighted by Gasteiger charge is 2.20. The van der Waals surface area contributed by atoms with Crippen molar-refractivity contribution in [2.75, 3.05) is 6.54 Å². The highest BCUT2D eigenvalue weighted by atomic mass is 16.2. The van der Waals surface area contributed by atoms with Gasteiger partial charge in [-0.1, -0.05) is 6.08 Å². The Balaban J connectivity index is 1.91. The summed E-state index contributed by atoms with van der Waals surface area (Å²) in [6.07, 6.45) is 8.99. The molecule has 2 heterocycles. The summed E-state index contributed by atoms with van der Waals surface area (Å²) in [4.78, 5) is 33.0. The molecule has 5 nitrogen and oxygen atoms in total. The fourth-order valence-electron chi connectivity index (χ4n) is 1.81. The molecule has 0 saturated carbocycles. The Morgan fingerprint density at radius 1 is 1.33 bits per heavy atom. The number of carbonyl (C=O) groups is 2. The number of rotatable bonds is 3. The maximum absolute atomic E-state index is 12.0. The van der Waals surface area contributed by atoms with Gasteiger partial charge in [0, 0.05) is 31.8 Å². The lowest BCUT2D eigenvalue weighted by molar-refractivity contribution is -0.141. The third-order valence-electron chi connectivity index (χ3n) is 2.76. The van der Waals surface area contributed by atoms with Crippen LogP contribution in [-0.2, 0) is 16.0 Å². The molecule has 0 unspecified atom stereocenters. The molecule has 0 spiro atoms. The SMILES string of the molecule is O=C1C=CCCCN1C(=O)CCc1ncccn1. The van der Waals surface area contributed by atoms with Crippen LogP contribution in [0.1, 0.15) is 25.1 Å². The second-order valence-electron chi connectivity index (χ2n) is 4.09. The van der Waals surface area contributed by atoms with Gasteiger partial charge in [0.15, 0.2) is 0 Å². The van der Waals surface area contributed by atoms with E-state index in [0.717, 1.165) is 12.8 Å². The van der Waals surface area contributed by atoms with Crippen molar-refractivity contribution in [3.05, 3.63) is 36.4 Å². The van der Waals surface area contributed by atoms with Crippen molar-refractivity contribution in [1.29, 1.82) is 0 Å². The zero-order valence-corrected chi connectivity index (χ0v) is 10.1. The average molecular weight is 245 g/mol. The normalized spacial score (nSPS) is 15.6. The van der Waals surface area contributed by atoms with Crippen molar-refractivity contribution in [3.8, 4) is 0 Å². The minimum absolute atomic E-state index is 0.154. The van der Waals surface area contributed by atoms with Crippen LogP contribution in [0.25, 0.3) is 0 Å². The van der Waals surface area contributed by atoms with E-state index in [1.165, 1.54) is 11.0 Å². The molecule has 1 aliphatic heterocycles. The van der Waals surface area contributed by atoms with Crippen LogP contribution in [0.15, 0.2) is 30.6 Å². The molecule has 18 heavy (non-hydrogen) atoms. The molecule has 0 fully saturated rings. The first kappa shape index (κ1) is 12.4. The van der Waals surface area contributed by atoms with Gasteiger partial charge >= 0.3 is 0 Å². The predicted octanol–water partition coefficient (Wildman–Crippen LogP) is 1.11. The smallest absolute Gasteiger partial charge is 0.252 e. The van der Waals surface area contributed by atoms with Gasteiger partial charge in [-0.05, 0) is 25.0 Å². The summed E-state index contributed by atoms with van der Waals surface area (Å²) in [6.45, 7) is 0.500. The van der Waals surface area contributed by atoms with Crippen molar-refractivity contribution in [1.82, 2.24) is 14.9 Å². The van der Waals surface area contributed by atoms with E-state index in [4.69, 9.17) is 0 Å². The third kappa shape index (κ3) is 3.23. The fourth-order valence-corrected chi connectivity index (χ4v) is 1.81. The molecule has 1 aromatic rings. The number of imide groups is 1. The summed E-state index contributed by atoms with van der Waals surface area (Å²) in [5.74, 6) is 0.258. The summed E-state index contributed by atoms with van der Waals surface area (Å²) in [5.41, 5.74) is 0. The molecule has 1 aliphatic rings. The lowest BCUT2D eigenvalue weighted by atomic mass is 10.2. The third-order valence-corrected chi connectivity index (χ3v) is 2.76. The fraction of sp³-hybridized carbons (Fsp3) is 0.385. The number of hydrogen-bond acceptors (Lipinski definition) is 4. The molecule has 2 rings (SSSR count). The van der Waals surface area contributed by atoms with E-state index in [9.17, 15) is 9.59 Å². The van der Waals surface area contributed by atoms with Gasteiger partial charge in [0.1, 0.15) is 5.82 Å². The Morgan fingerprint density at radius 3 is 2.89 bits per heavy atom. The Morgan fingerprint density at radius 2 is 2.11 bits per heavy atom. The van der Waals surface area contributed by atoms with Crippen molar-refractivity contribution in [2.24, 2.45) is 0 Å². The predicted molar refractivity (Wildman–Crippen MR) is 65.4 cm³/mol. The molecule has 0 atom stereocenters. The Hall–Kier alpha value is -2.04. The summed E-state index contributed by atoms with van der Waals surface area (Å²) in [6, 6.07) is 1.73. The average Bonchev–Trinajstić information content (AvgIpc) is 2.62. The van der Waals surface area contributed by atoms with E-state index < -0.39 is 0 Å². The van der Waals surface area contributed by atoms with E-state index in [1.54, 1.807) is 18.5 Å². The maximum Gasteiger partial charge on any atom is 0.252 e. The number of carbonyl (C=O) groups excluding carboxylic acids is 2. The Kier molecular flexibility index (Phi) is 4.17. The van der Waals surface area contributed by atoms with Crippen LogP contribution in [0.3, 0.4) is 0 Å². The maximum atomic E-state index is 12.0. The number of hydrogen-bond donors (Lipinski definition) is 0. The van der Waals surface area contributed by atoms with Crippen LogP contribution in [0.4, 0.5) is 0 Å². The van der Waals surface area contributed by atoms with Crippen LogP contribution < -0.4 is 0 Å². The van der Waals surface area contributed by atoms with Crippen LogP contribution in [0.2, 0.25) is 0 Å². The lowest BCUT2D eigenvalue weighted by Crippen LogP contribution is -2.36. The van der Waals surface area contributed by atoms with Gasteiger partial charge in [-0.15, -0.1) is 0 Å². The molecule has 0 saturated heterocycles. The van der Waals surface area contributed by atoms with Crippen molar-refractivity contribution in [2.45, 2.75) is 25.7 Å². The van der Waals surface area contributed by atoms with Gasteiger partial charge in [0.05, 0.1) is 0 Å². The van der Waals surface area contributed by atoms with Gasteiger partial charge in [-0.25, -0.2) is 9.97 Å². The Bertz CT molecular complexity index is 457. The second-order valence-corrected chi connectivity index (χ2v) is 4.09. The molecule has 94 valence electrons. The molecule has 0 radical (unpaired) electrons. The lowest BCUT2D eigenvalue weighted by Gasteiger charge is -2.17. The van der Waals surface area contributed by atoms with Gasteiger partial charge in [-0.3, -0.25) is 14.5 Å². The van der Waals surface area contributed by atoms with E-state index in [0.29, 0.717) is 18.8 Å². The van der Waals surface area contributed by atoms with Gasteiger partial charge < -0.3 is 0 Å². The molecule has 1 aromatic heterocycles. The minimum Gasteiger partial charge on any atom is -0.279 e. The highest BCUT2D eigenvalue weighted by Crippen LogP contribution is 2.07. The van der Waals surface area contributed by atoms with Gasteiger partial charge in [0.2, 0.25) is 5.91 Å². The van der Waals surface area contributed by atoms with Crippen molar-refractivity contribution in [3.63, 3.8) is 0 Å². The molecule has 0 aliphatic carbocycles. The number of allylic oxidation sites excluding steroid dienone is 1. The summed E-state index contributed by atoms with van der Waals surface area (Å²) in [7, 11) is 0. The Labute approximate surface area is 106 Å². The van der Waals surface area contributed by atoms with E-state index in [1.807, 2.05) is 6.08 Å². The monoisotopic (exact) mass is 245 g/mol. The van der Waals surface area contributed by atoms with Crippen LogP contribution in [-0.4, -0.2) is 33.2 Å². The molecule has 0 N–H and O–H groups in total. The van der Waals surface area contributed by atoms with Crippen LogP contribution >= 0.6 is 0 Å². The molecule has 0 aromatic carbocycles. The quantitative estimate of drug-likeness (QED) is 0.800. The van der Waals surface area contributed by atoms with Gasteiger partial charge in [-0.2, -0.15) is 0 Å². The number of amides is 2. The summed E-state index contributed by atoms with van der Waals surface area (Å²) in [5, 5.41) is 0. The number of aryl methyl sites for hydroxylation is 1. The zero-order chi connectivity index (χ0) is 12.8. The van der Waals surface area contributed by atoms with Crippen molar-refractivity contribution >= 4 is 11.8 Å². The van der Waals surface area contributed by atoms with E-state index >= 15 is 0 Å². The van der Waals surface area contributed by atoms with Crippen molar-refractivity contribution < 1.29 is 9.59 Å². The highest BCUT2D eigenvalue weighted by molar-refractivity contribution is 6.01. The largest absolute Gasteiger partial charge is 0.279 e. The van der Waals surface area contributed by atoms with E-state index in [2.05, 4.69) is 9.97 Å². The number of aromatic nitrogens is 2. The first-order valence-corrected chi connectivity index (χ1v) is 6.04. The summed E-state index contributed by atoms with van der Waals surface area (Å²) < 4.78 is 0. The molecule has 5 heteroatoms. The molecular weight excluding hydrogens is 230 g/mol. The standard InChI is InChI=1S/C13H15N3O2/c17-12-5-2-1-3-10-16(12)13(18)7-6-11-14-8-4-9-15-11/h2,4-5,8-9H,1,3,6-7,10H2. The second kappa shape index (κ2) is 6.05. The minimum atomic E-state index is -0.216. The zero-order valence-electron chi connectivity index (χ0n) is 10.1. The summed E-state index contributed by atoms with van der Waals surface area (Å²) >= 11 is 0. The number of nitrogens with zero attached hydrogens (tertiary/aromatic N) is 3. The van der Waals surface area contributed by atoms with Crippen LogP contribution in [0.5, 0.6) is 0 Å². The molecule has 2 amide bonds.